The number of ether oxygens (including phenoxy) is 1. The van der Waals surface area contributed by atoms with Gasteiger partial charge in [0.25, 0.3) is 0 Å². The van der Waals surface area contributed by atoms with Gasteiger partial charge in [0.05, 0.1) is 0 Å². The van der Waals surface area contributed by atoms with Gasteiger partial charge in [-0.15, -0.1) is 0 Å². The highest BCUT2D eigenvalue weighted by molar-refractivity contribution is 7.99. The van der Waals surface area contributed by atoms with E-state index in [0.717, 1.165) is 31.4 Å². The van der Waals surface area contributed by atoms with Crippen LogP contribution in [0.4, 0.5) is 0 Å². The minimum absolute atomic E-state index is 0.797. The van der Waals surface area contributed by atoms with Gasteiger partial charge in [0, 0.05) is 32.1 Å². The van der Waals surface area contributed by atoms with Crippen LogP contribution >= 0.6 is 11.8 Å². The molecule has 1 aliphatic carbocycles. The lowest BCUT2D eigenvalue weighted by molar-refractivity contribution is 0.200. The maximum atomic E-state index is 4.99. The highest BCUT2D eigenvalue weighted by Crippen LogP contribution is 2.19. The number of nitrogens with one attached hydrogen (secondary N) is 1. The zero-order valence-electron chi connectivity index (χ0n) is 9.05. The van der Waals surface area contributed by atoms with Gasteiger partial charge in [-0.1, -0.05) is 12.2 Å². The van der Waals surface area contributed by atoms with E-state index in [1.807, 2.05) is 11.8 Å². The zero-order chi connectivity index (χ0) is 10.2. The Bertz CT molecular complexity index is 169. The van der Waals surface area contributed by atoms with Crippen molar-refractivity contribution in [2.45, 2.75) is 25.3 Å². The molecule has 0 radical (unpaired) electrons. The van der Waals surface area contributed by atoms with Gasteiger partial charge in [-0.05, 0) is 25.0 Å². The molecule has 0 aromatic rings. The molecule has 0 aromatic carbocycles. The predicted octanol–water partition coefficient (Wildman–Crippen LogP) is 2.06. The van der Waals surface area contributed by atoms with Gasteiger partial charge in [-0.2, -0.15) is 11.8 Å². The molecule has 2 nitrogen and oxygen atoms in total. The molecule has 82 valence electrons. The van der Waals surface area contributed by atoms with Crippen LogP contribution in [-0.4, -0.2) is 37.8 Å². The number of hydrogen-bond acceptors (Lipinski definition) is 3. The summed E-state index contributed by atoms with van der Waals surface area (Å²) in [7, 11) is 1.75. The third kappa shape index (κ3) is 6.46. The molecular weight excluding hydrogens is 194 g/mol. The van der Waals surface area contributed by atoms with Crippen LogP contribution in [0.5, 0.6) is 0 Å². The van der Waals surface area contributed by atoms with E-state index in [9.17, 15) is 0 Å². The van der Waals surface area contributed by atoms with Gasteiger partial charge >= 0.3 is 0 Å². The van der Waals surface area contributed by atoms with Gasteiger partial charge in [-0.3, -0.25) is 0 Å². The van der Waals surface area contributed by atoms with Crippen molar-refractivity contribution < 1.29 is 4.74 Å². The highest BCUT2D eigenvalue weighted by atomic mass is 32.2. The molecule has 3 heteroatoms. The van der Waals surface area contributed by atoms with E-state index in [4.69, 9.17) is 4.74 Å². The first-order chi connectivity index (χ1) is 6.83. The minimum atomic E-state index is 0.797. The SMILES string of the molecule is C=C(CNC1CC1)CSCCCOC. The average molecular weight is 215 g/mol. The third-order valence-electron chi connectivity index (χ3n) is 2.16. The van der Waals surface area contributed by atoms with Crippen molar-refractivity contribution in [1.29, 1.82) is 0 Å². The molecule has 14 heavy (non-hydrogen) atoms. The normalized spacial score (nSPS) is 15.8. The van der Waals surface area contributed by atoms with E-state index in [-0.39, 0.29) is 0 Å². The Morgan fingerprint density at radius 1 is 1.57 bits per heavy atom. The van der Waals surface area contributed by atoms with Crippen molar-refractivity contribution >= 4 is 11.8 Å². The fourth-order valence-corrected chi connectivity index (χ4v) is 2.01. The van der Waals surface area contributed by atoms with Crippen LogP contribution < -0.4 is 5.32 Å². The molecule has 1 N–H and O–H groups in total. The molecule has 0 aromatic heterocycles. The Balaban J connectivity index is 1.81. The van der Waals surface area contributed by atoms with Crippen LogP contribution in [0, 0.1) is 0 Å². The van der Waals surface area contributed by atoms with E-state index in [1.54, 1.807) is 7.11 Å². The molecule has 0 heterocycles. The molecule has 1 saturated carbocycles. The van der Waals surface area contributed by atoms with Crippen molar-refractivity contribution in [1.82, 2.24) is 5.32 Å². The molecule has 0 unspecified atom stereocenters. The van der Waals surface area contributed by atoms with Crippen molar-refractivity contribution in [3.8, 4) is 0 Å². The Kier molecular flexibility index (Phi) is 6.32. The van der Waals surface area contributed by atoms with Crippen LogP contribution in [0.1, 0.15) is 19.3 Å². The van der Waals surface area contributed by atoms with Gasteiger partial charge in [0.15, 0.2) is 0 Å². The first-order valence-electron chi connectivity index (χ1n) is 5.29. The van der Waals surface area contributed by atoms with Crippen LogP contribution in [0.2, 0.25) is 0 Å². The summed E-state index contributed by atoms with van der Waals surface area (Å²) in [6, 6.07) is 0.797. The van der Waals surface area contributed by atoms with E-state index < -0.39 is 0 Å². The number of methoxy groups -OCH3 is 1. The summed E-state index contributed by atoms with van der Waals surface area (Å²) in [6.07, 6.45) is 3.85. The molecule has 0 amide bonds. The summed E-state index contributed by atoms with van der Waals surface area (Å²) in [5.74, 6) is 2.26. The Hall–Kier alpha value is 0.01000. The largest absolute Gasteiger partial charge is 0.385 e. The fourth-order valence-electron chi connectivity index (χ4n) is 1.15. The lowest BCUT2D eigenvalue weighted by Gasteiger charge is -2.06. The summed E-state index contributed by atoms with van der Waals surface area (Å²) in [5.41, 5.74) is 1.32. The van der Waals surface area contributed by atoms with Crippen molar-refractivity contribution in [2.75, 3.05) is 31.8 Å². The van der Waals surface area contributed by atoms with Crippen LogP contribution in [0.3, 0.4) is 0 Å². The summed E-state index contributed by atoms with van der Waals surface area (Å²) in [4.78, 5) is 0. The molecular formula is C11H21NOS. The van der Waals surface area contributed by atoms with Crippen LogP contribution in [0.25, 0.3) is 0 Å². The van der Waals surface area contributed by atoms with Gasteiger partial charge in [0.1, 0.15) is 0 Å². The average Bonchev–Trinajstić information content (AvgIpc) is 2.98. The van der Waals surface area contributed by atoms with E-state index in [0.29, 0.717) is 0 Å². The molecule has 1 rings (SSSR count). The fraction of sp³-hybridized carbons (Fsp3) is 0.818. The lowest BCUT2D eigenvalue weighted by atomic mass is 10.3. The Morgan fingerprint density at radius 2 is 2.36 bits per heavy atom. The monoisotopic (exact) mass is 215 g/mol. The molecule has 0 aliphatic heterocycles. The van der Waals surface area contributed by atoms with Crippen molar-refractivity contribution in [3.05, 3.63) is 12.2 Å². The van der Waals surface area contributed by atoms with Gasteiger partial charge in [-0.25, -0.2) is 0 Å². The summed E-state index contributed by atoms with van der Waals surface area (Å²) < 4.78 is 4.99. The molecule has 1 fully saturated rings. The standard InChI is InChI=1S/C11H21NOS/c1-10(8-12-11-4-5-11)9-14-7-3-6-13-2/h11-12H,1,3-9H2,2H3. The maximum Gasteiger partial charge on any atom is 0.0470 e. The quantitative estimate of drug-likeness (QED) is 0.470. The lowest BCUT2D eigenvalue weighted by Crippen LogP contribution is -2.19. The molecule has 0 atom stereocenters. The second kappa shape index (κ2) is 7.32. The molecule has 1 aliphatic rings. The topological polar surface area (TPSA) is 21.3 Å². The van der Waals surface area contributed by atoms with E-state index in [2.05, 4.69) is 11.9 Å². The summed E-state index contributed by atoms with van der Waals surface area (Å²) >= 11 is 1.95. The number of rotatable bonds is 9. The van der Waals surface area contributed by atoms with Crippen molar-refractivity contribution in [3.63, 3.8) is 0 Å². The van der Waals surface area contributed by atoms with Crippen LogP contribution in [-0.2, 0) is 4.74 Å². The van der Waals surface area contributed by atoms with Gasteiger partial charge in [0.2, 0.25) is 0 Å². The Labute approximate surface area is 91.5 Å². The van der Waals surface area contributed by atoms with Crippen LogP contribution in [0.15, 0.2) is 12.2 Å². The predicted molar refractivity (Wildman–Crippen MR) is 64.0 cm³/mol. The van der Waals surface area contributed by atoms with E-state index >= 15 is 0 Å². The molecule has 0 spiro atoms. The summed E-state index contributed by atoms with van der Waals surface area (Å²) in [6.45, 7) is 5.93. The Morgan fingerprint density at radius 3 is 3.00 bits per heavy atom. The first kappa shape index (κ1) is 12.1. The molecule has 0 bridgehead atoms. The third-order valence-corrected chi connectivity index (χ3v) is 3.35. The molecule has 0 saturated heterocycles. The second-order valence-corrected chi connectivity index (χ2v) is 4.91. The smallest absolute Gasteiger partial charge is 0.0470 e. The van der Waals surface area contributed by atoms with Crippen molar-refractivity contribution in [2.24, 2.45) is 0 Å². The van der Waals surface area contributed by atoms with Gasteiger partial charge < -0.3 is 10.1 Å². The zero-order valence-corrected chi connectivity index (χ0v) is 9.87. The maximum absolute atomic E-state index is 4.99. The second-order valence-electron chi connectivity index (χ2n) is 3.80. The number of thioether (sulfide) groups is 1. The first-order valence-corrected chi connectivity index (χ1v) is 6.45. The number of hydrogen-bond donors (Lipinski definition) is 1. The highest BCUT2D eigenvalue weighted by Gasteiger charge is 2.19. The van der Waals surface area contributed by atoms with E-state index in [1.165, 1.54) is 24.2 Å². The minimum Gasteiger partial charge on any atom is -0.385 e. The summed E-state index contributed by atoms with van der Waals surface area (Å²) in [5, 5.41) is 3.47.